The molecule has 0 radical (unpaired) electrons. The molecule has 20 heavy (non-hydrogen) atoms. The van der Waals surface area contributed by atoms with E-state index in [1.807, 2.05) is 31.2 Å². The van der Waals surface area contributed by atoms with Crippen LogP contribution in [0.4, 0.5) is 0 Å². The van der Waals surface area contributed by atoms with Crippen LogP contribution in [0, 0.1) is 5.92 Å². The molecule has 0 saturated heterocycles. The van der Waals surface area contributed by atoms with Gasteiger partial charge in [-0.05, 0) is 37.8 Å². The third kappa shape index (κ3) is 3.37. The van der Waals surface area contributed by atoms with Crippen molar-refractivity contribution >= 4 is 44.9 Å². The molecule has 6 heteroatoms. The van der Waals surface area contributed by atoms with Crippen LogP contribution in [0.5, 0.6) is 0 Å². The summed E-state index contributed by atoms with van der Waals surface area (Å²) in [4.78, 5) is 16.2. The van der Waals surface area contributed by atoms with Gasteiger partial charge in [0.25, 0.3) is 5.91 Å². The van der Waals surface area contributed by atoms with Crippen molar-refractivity contribution in [3.63, 3.8) is 0 Å². The topological polar surface area (TPSA) is 54.4 Å². The molecule has 0 bridgehead atoms. The number of hydrazone groups is 1. The second-order valence-electron chi connectivity index (χ2n) is 4.80. The highest BCUT2D eigenvalue weighted by atomic mass is 32.2. The third-order valence-electron chi connectivity index (χ3n) is 3.13. The van der Waals surface area contributed by atoms with Crippen molar-refractivity contribution in [3.8, 4) is 0 Å². The molecule has 1 aliphatic rings. The highest BCUT2D eigenvalue weighted by molar-refractivity contribution is 8.01. The van der Waals surface area contributed by atoms with Crippen molar-refractivity contribution in [1.82, 2.24) is 10.4 Å². The number of rotatable bonds is 5. The number of hydrogen-bond acceptors (Lipinski definition) is 5. The van der Waals surface area contributed by atoms with Crippen molar-refractivity contribution in [2.24, 2.45) is 11.0 Å². The molecule has 1 aromatic heterocycles. The first kappa shape index (κ1) is 13.6. The third-order valence-corrected chi connectivity index (χ3v) is 5.31. The summed E-state index contributed by atoms with van der Waals surface area (Å²) >= 11 is 3.07. The number of fused-ring (bicyclic) bond motifs is 1. The van der Waals surface area contributed by atoms with Crippen LogP contribution in [0.15, 0.2) is 33.7 Å². The van der Waals surface area contributed by atoms with Gasteiger partial charge in [-0.25, -0.2) is 10.4 Å². The summed E-state index contributed by atoms with van der Waals surface area (Å²) < 4.78 is 2.07. The Morgan fingerprint density at radius 3 is 3.05 bits per heavy atom. The van der Waals surface area contributed by atoms with Crippen molar-refractivity contribution in [2.45, 2.75) is 24.1 Å². The molecule has 1 saturated carbocycles. The van der Waals surface area contributed by atoms with Gasteiger partial charge in [-0.1, -0.05) is 23.9 Å². The fraction of sp³-hybridized carbons (Fsp3) is 0.357. The molecular weight excluding hydrogens is 290 g/mol. The van der Waals surface area contributed by atoms with Gasteiger partial charge in [-0.3, -0.25) is 4.79 Å². The molecule has 1 heterocycles. The molecule has 0 unspecified atom stereocenters. The first-order valence-electron chi connectivity index (χ1n) is 6.54. The number of para-hydroxylation sites is 1. The smallest absolute Gasteiger partial charge is 0.250 e. The highest BCUT2D eigenvalue weighted by Gasteiger charge is 2.24. The van der Waals surface area contributed by atoms with Gasteiger partial charge in [-0.15, -0.1) is 11.3 Å². The Morgan fingerprint density at radius 2 is 2.30 bits per heavy atom. The molecule has 1 fully saturated rings. The molecule has 0 aliphatic heterocycles. The van der Waals surface area contributed by atoms with Crippen molar-refractivity contribution in [2.75, 3.05) is 5.75 Å². The maximum absolute atomic E-state index is 11.7. The summed E-state index contributed by atoms with van der Waals surface area (Å²) in [5.41, 5.74) is 4.63. The normalized spacial score (nSPS) is 15.6. The van der Waals surface area contributed by atoms with E-state index >= 15 is 0 Å². The van der Waals surface area contributed by atoms with Crippen LogP contribution < -0.4 is 5.43 Å². The van der Waals surface area contributed by atoms with E-state index in [0.29, 0.717) is 11.7 Å². The highest BCUT2D eigenvalue weighted by Crippen LogP contribution is 2.30. The van der Waals surface area contributed by atoms with Crippen molar-refractivity contribution in [1.29, 1.82) is 0 Å². The number of hydrogen-bond donors (Lipinski definition) is 1. The van der Waals surface area contributed by atoms with E-state index in [0.717, 1.165) is 20.3 Å². The number of carbonyl (C=O) groups is 1. The summed E-state index contributed by atoms with van der Waals surface area (Å²) in [6.07, 6.45) is 2.40. The Balaban J connectivity index is 1.53. The molecule has 1 amide bonds. The minimum absolute atomic E-state index is 0.0748. The lowest BCUT2D eigenvalue weighted by molar-refractivity contribution is -0.118. The number of aromatic nitrogens is 1. The maximum atomic E-state index is 11.7. The molecule has 1 aliphatic carbocycles. The van der Waals surface area contributed by atoms with Crippen LogP contribution >= 0.6 is 23.1 Å². The lowest BCUT2D eigenvalue weighted by Crippen LogP contribution is -2.21. The van der Waals surface area contributed by atoms with Gasteiger partial charge in [0.1, 0.15) is 0 Å². The lowest BCUT2D eigenvalue weighted by Gasteiger charge is -2.00. The fourth-order valence-electron chi connectivity index (χ4n) is 1.82. The van der Waals surface area contributed by atoms with Crippen molar-refractivity contribution in [3.05, 3.63) is 24.3 Å². The Labute approximate surface area is 125 Å². The number of benzene rings is 1. The maximum Gasteiger partial charge on any atom is 0.250 e. The number of amides is 1. The Morgan fingerprint density at radius 1 is 1.50 bits per heavy atom. The largest absolute Gasteiger partial charge is 0.272 e. The standard InChI is InChI=1S/C14H15N3OS2/c1-9(10-6-7-10)16-17-13(18)8-19-14-15-11-4-2-3-5-12(11)20-14/h2-5,10H,6-8H2,1H3,(H,17,18)/b16-9+. The zero-order chi connectivity index (χ0) is 13.9. The summed E-state index contributed by atoms with van der Waals surface area (Å²) in [6, 6.07) is 8.00. The summed E-state index contributed by atoms with van der Waals surface area (Å²) in [5, 5.41) is 4.13. The van der Waals surface area contributed by atoms with Gasteiger partial charge in [0, 0.05) is 5.71 Å². The molecule has 1 N–H and O–H groups in total. The first-order chi connectivity index (χ1) is 9.72. The minimum Gasteiger partial charge on any atom is -0.272 e. The van der Waals surface area contributed by atoms with E-state index in [1.54, 1.807) is 11.3 Å². The van der Waals surface area contributed by atoms with Gasteiger partial charge in [0.15, 0.2) is 4.34 Å². The quantitative estimate of drug-likeness (QED) is 0.524. The second-order valence-corrected chi connectivity index (χ2v) is 7.05. The lowest BCUT2D eigenvalue weighted by atomic mass is 10.3. The summed E-state index contributed by atoms with van der Waals surface area (Å²) in [6.45, 7) is 1.97. The Bertz CT molecular complexity index is 628. The minimum atomic E-state index is -0.0748. The predicted molar refractivity (Wildman–Crippen MR) is 84.3 cm³/mol. The molecule has 0 spiro atoms. The van der Waals surface area contributed by atoms with E-state index < -0.39 is 0 Å². The first-order valence-corrected chi connectivity index (χ1v) is 8.34. The van der Waals surface area contributed by atoms with E-state index in [4.69, 9.17) is 0 Å². The molecule has 3 rings (SSSR count). The van der Waals surface area contributed by atoms with Crippen LogP contribution in [0.2, 0.25) is 0 Å². The number of nitrogens with zero attached hydrogens (tertiary/aromatic N) is 2. The van der Waals surface area contributed by atoms with Gasteiger partial charge in [0.2, 0.25) is 0 Å². The molecular formula is C14H15N3OS2. The number of thioether (sulfide) groups is 1. The number of nitrogens with one attached hydrogen (secondary N) is 1. The van der Waals surface area contributed by atoms with E-state index in [9.17, 15) is 4.79 Å². The molecule has 1 aromatic carbocycles. The van der Waals surface area contributed by atoms with Crippen LogP contribution in [-0.4, -0.2) is 22.4 Å². The van der Waals surface area contributed by atoms with Gasteiger partial charge >= 0.3 is 0 Å². The van der Waals surface area contributed by atoms with Crippen LogP contribution in [-0.2, 0) is 4.79 Å². The monoisotopic (exact) mass is 305 g/mol. The Kier molecular flexibility index (Phi) is 4.03. The van der Waals surface area contributed by atoms with E-state index in [-0.39, 0.29) is 5.91 Å². The van der Waals surface area contributed by atoms with Crippen molar-refractivity contribution < 1.29 is 4.79 Å². The zero-order valence-corrected chi connectivity index (χ0v) is 12.8. The zero-order valence-electron chi connectivity index (χ0n) is 11.1. The van der Waals surface area contributed by atoms with Crippen LogP contribution in [0.1, 0.15) is 19.8 Å². The van der Waals surface area contributed by atoms with Crippen LogP contribution in [0.3, 0.4) is 0 Å². The molecule has 4 nitrogen and oxygen atoms in total. The number of carbonyl (C=O) groups excluding carboxylic acids is 1. The predicted octanol–water partition coefficient (Wildman–Crippen LogP) is 3.29. The van der Waals surface area contributed by atoms with Crippen LogP contribution in [0.25, 0.3) is 10.2 Å². The second kappa shape index (κ2) is 5.93. The Hall–Kier alpha value is -1.40. The SMILES string of the molecule is C/C(=N\NC(=O)CSc1nc2ccccc2s1)C1CC1. The summed E-state index contributed by atoms with van der Waals surface area (Å²) in [5.74, 6) is 0.864. The molecule has 104 valence electrons. The average Bonchev–Trinajstić information content (AvgIpc) is 3.22. The van der Waals surface area contributed by atoms with E-state index in [1.165, 1.54) is 24.6 Å². The van der Waals surface area contributed by atoms with Gasteiger partial charge in [-0.2, -0.15) is 5.10 Å². The molecule has 2 aromatic rings. The van der Waals surface area contributed by atoms with Gasteiger partial charge < -0.3 is 0 Å². The molecule has 0 atom stereocenters. The fourth-order valence-corrected chi connectivity index (χ4v) is 3.68. The van der Waals surface area contributed by atoms with E-state index in [2.05, 4.69) is 15.5 Å². The average molecular weight is 305 g/mol. The van der Waals surface area contributed by atoms with Gasteiger partial charge in [0.05, 0.1) is 16.0 Å². The number of thiazole rings is 1. The summed E-state index contributed by atoms with van der Waals surface area (Å²) in [7, 11) is 0.